The van der Waals surface area contributed by atoms with Gasteiger partial charge in [0.25, 0.3) is 0 Å². The van der Waals surface area contributed by atoms with Crippen LogP contribution in [0.1, 0.15) is 0 Å². The Morgan fingerprint density at radius 1 is 1.33 bits per heavy atom. The van der Waals surface area contributed by atoms with Crippen LogP contribution in [0.4, 0.5) is 4.79 Å². The molecule has 0 atom stereocenters. The van der Waals surface area contributed by atoms with E-state index in [-0.39, 0.29) is 30.5 Å². The van der Waals surface area contributed by atoms with Gasteiger partial charge in [0.05, 0.1) is 0 Å². The SMILES string of the molecule is O=C([O-])[O-].[CH3-].[Mg+2]. The molecule has 0 bridgehead atoms. The molecular formula is C2H3MgO3-. The molecule has 4 heteroatoms. The molecule has 0 heterocycles. The number of hydrogen-bond donors (Lipinski definition) is 0. The predicted octanol–water partition coefficient (Wildman–Crippen LogP) is -2.38. The molecule has 0 aromatic heterocycles. The molecule has 0 N–H and O–H groups in total. The fourth-order valence-electron chi connectivity index (χ4n) is 0. The first-order valence-corrected chi connectivity index (χ1v) is 0.612. The number of rotatable bonds is 0. The van der Waals surface area contributed by atoms with Gasteiger partial charge in [-0.05, 0) is 6.16 Å². The van der Waals surface area contributed by atoms with Crippen molar-refractivity contribution >= 4 is 29.2 Å². The number of carbonyl (C=O) groups excluding carboxylic acids is 1. The molecule has 0 fully saturated rings. The molecule has 0 aliphatic heterocycles. The van der Waals surface area contributed by atoms with Crippen LogP contribution in [0.25, 0.3) is 0 Å². The Labute approximate surface area is 52.1 Å². The van der Waals surface area contributed by atoms with E-state index in [0.29, 0.717) is 0 Å². The van der Waals surface area contributed by atoms with Crippen molar-refractivity contribution in [2.45, 2.75) is 0 Å². The number of carbonyl (C=O) groups is 1. The summed E-state index contributed by atoms with van der Waals surface area (Å²) in [5, 5.41) is 16.7. The summed E-state index contributed by atoms with van der Waals surface area (Å²) in [4.78, 5) is 8.33. The molecule has 0 unspecified atom stereocenters. The average molecular weight is 99.3 g/mol. The smallest absolute Gasteiger partial charge is 0.652 e. The zero-order valence-corrected chi connectivity index (χ0v) is 4.85. The minimum Gasteiger partial charge on any atom is -0.652 e. The summed E-state index contributed by atoms with van der Waals surface area (Å²) in [7, 11) is 0. The van der Waals surface area contributed by atoms with E-state index in [4.69, 9.17) is 15.0 Å². The summed E-state index contributed by atoms with van der Waals surface area (Å²) in [5.74, 6) is 0. The first kappa shape index (κ1) is 16.6. The van der Waals surface area contributed by atoms with Crippen LogP contribution in [0.3, 0.4) is 0 Å². The van der Waals surface area contributed by atoms with Crippen molar-refractivity contribution in [3.05, 3.63) is 7.43 Å². The normalized spacial score (nSPS) is 4.00. The van der Waals surface area contributed by atoms with Crippen molar-refractivity contribution in [2.24, 2.45) is 0 Å². The van der Waals surface area contributed by atoms with Crippen molar-refractivity contribution in [3.8, 4) is 0 Å². The maximum absolute atomic E-state index is 8.33. The Balaban J connectivity index is -0.0000000450. The molecule has 0 amide bonds. The van der Waals surface area contributed by atoms with Crippen LogP contribution in [0, 0.1) is 7.43 Å². The van der Waals surface area contributed by atoms with Gasteiger partial charge in [-0.3, -0.25) is 0 Å². The molecule has 0 saturated heterocycles. The van der Waals surface area contributed by atoms with Crippen molar-refractivity contribution in [1.29, 1.82) is 0 Å². The van der Waals surface area contributed by atoms with Gasteiger partial charge < -0.3 is 22.4 Å². The minimum absolute atomic E-state index is 0. The van der Waals surface area contributed by atoms with Gasteiger partial charge in [0.2, 0.25) is 0 Å². The molecule has 6 heavy (non-hydrogen) atoms. The second kappa shape index (κ2) is 8.90. The Kier molecular flexibility index (Phi) is 24.6. The minimum atomic E-state index is -2.33. The first-order valence-electron chi connectivity index (χ1n) is 0.612. The van der Waals surface area contributed by atoms with Gasteiger partial charge in [0, 0.05) is 0 Å². The topological polar surface area (TPSA) is 63.2 Å². The van der Waals surface area contributed by atoms with Crippen LogP contribution >= 0.6 is 0 Å². The van der Waals surface area contributed by atoms with Crippen LogP contribution in [0.2, 0.25) is 0 Å². The Morgan fingerprint density at radius 3 is 1.33 bits per heavy atom. The average Bonchev–Trinajstić information content (AvgIpc) is 0.811. The third kappa shape index (κ3) is 28300. The van der Waals surface area contributed by atoms with Crippen LogP contribution in [-0.2, 0) is 0 Å². The van der Waals surface area contributed by atoms with E-state index in [9.17, 15) is 0 Å². The van der Waals surface area contributed by atoms with Crippen LogP contribution in [0.5, 0.6) is 0 Å². The van der Waals surface area contributed by atoms with Crippen molar-refractivity contribution in [1.82, 2.24) is 0 Å². The fourth-order valence-corrected chi connectivity index (χ4v) is 0. The van der Waals surface area contributed by atoms with E-state index in [1.54, 1.807) is 0 Å². The van der Waals surface area contributed by atoms with Crippen molar-refractivity contribution in [3.63, 3.8) is 0 Å². The third-order valence-corrected chi connectivity index (χ3v) is 0. The van der Waals surface area contributed by atoms with E-state index in [1.807, 2.05) is 0 Å². The van der Waals surface area contributed by atoms with Gasteiger partial charge in [-0.2, -0.15) is 0 Å². The second-order valence-electron chi connectivity index (χ2n) is 0.250. The van der Waals surface area contributed by atoms with Crippen LogP contribution in [-0.4, -0.2) is 29.2 Å². The van der Waals surface area contributed by atoms with Crippen molar-refractivity contribution < 1.29 is 15.0 Å². The molecule has 0 aromatic rings. The fraction of sp³-hybridized carbons (Fsp3) is 0. The van der Waals surface area contributed by atoms with E-state index < -0.39 is 6.16 Å². The maximum Gasteiger partial charge on any atom is 2.00 e. The zero-order chi connectivity index (χ0) is 3.58. The third-order valence-electron chi connectivity index (χ3n) is 0. The number of hydrogen-bond acceptors (Lipinski definition) is 3. The zero-order valence-electron chi connectivity index (χ0n) is 3.43. The molecule has 0 radical (unpaired) electrons. The van der Waals surface area contributed by atoms with Crippen molar-refractivity contribution in [2.75, 3.05) is 0 Å². The van der Waals surface area contributed by atoms with Gasteiger partial charge in [-0.25, -0.2) is 0 Å². The van der Waals surface area contributed by atoms with E-state index >= 15 is 0 Å². The summed E-state index contributed by atoms with van der Waals surface area (Å²) < 4.78 is 0. The summed E-state index contributed by atoms with van der Waals surface area (Å²) in [6.07, 6.45) is -2.33. The summed E-state index contributed by atoms with van der Waals surface area (Å²) in [6, 6.07) is 0. The quantitative estimate of drug-likeness (QED) is 0.252. The Morgan fingerprint density at radius 2 is 1.33 bits per heavy atom. The van der Waals surface area contributed by atoms with Gasteiger partial charge in [0.1, 0.15) is 0 Å². The summed E-state index contributed by atoms with van der Waals surface area (Å²) in [6.45, 7) is 0. The summed E-state index contributed by atoms with van der Waals surface area (Å²) >= 11 is 0. The van der Waals surface area contributed by atoms with Gasteiger partial charge in [-0.15, -0.1) is 0 Å². The van der Waals surface area contributed by atoms with Crippen LogP contribution < -0.4 is 10.2 Å². The Hall–Kier alpha value is 0.0362. The predicted molar refractivity (Wildman–Crippen MR) is 17.6 cm³/mol. The van der Waals surface area contributed by atoms with E-state index in [1.165, 1.54) is 0 Å². The number of carboxylic acid groups (broad SMARTS) is 2. The molecule has 0 aromatic carbocycles. The molecule has 3 nitrogen and oxygen atoms in total. The van der Waals surface area contributed by atoms with Crippen LogP contribution in [0.15, 0.2) is 0 Å². The van der Waals surface area contributed by atoms with Gasteiger partial charge in [-0.1, -0.05) is 0 Å². The standard InChI is InChI=1S/CH2O3.CH3.Mg/c2-1(3)4;;/h(H2,2,3,4);1H3;/q;-1;+2/p-2. The monoisotopic (exact) mass is 99.0 g/mol. The van der Waals surface area contributed by atoms with Gasteiger partial charge >= 0.3 is 23.1 Å². The molecule has 32 valence electrons. The molecule has 0 aliphatic carbocycles. The van der Waals surface area contributed by atoms with E-state index in [0.717, 1.165) is 0 Å². The second-order valence-corrected chi connectivity index (χ2v) is 0.250. The van der Waals surface area contributed by atoms with Gasteiger partial charge in [0.15, 0.2) is 0 Å². The molecule has 0 aliphatic rings. The maximum atomic E-state index is 8.33. The molecule has 0 spiro atoms. The van der Waals surface area contributed by atoms with E-state index in [2.05, 4.69) is 0 Å². The molecule has 0 saturated carbocycles. The summed E-state index contributed by atoms with van der Waals surface area (Å²) in [5.41, 5.74) is 0. The molecule has 0 rings (SSSR count). The molecular weight excluding hydrogens is 96.3 g/mol. The Bertz CT molecular complexity index is 31.8. The first-order chi connectivity index (χ1) is 1.73. The largest absolute Gasteiger partial charge is 2.00 e.